The van der Waals surface area contributed by atoms with E-state index in [-0.39, 0.29) is 5.91 Å². The Morgan fingerprint density at radius 3 is 2.55 bits per heavy atom. The first-order chi connectivity index (χ1) is 9.78. The van der Waals surface area contributed by atoms with Crippen molar-refractivity contribution in [3.63, 3.8) is 0 Å². The van der Waals surface area contributed by atoms with Crippen LogP contribution in [0.4, 0.5) is 0 Å². The molecule has 1 aromatic carbocycles. The predicted octanol–water partition coefficient (Wildman–Crippen LogP) is 3.80. The van der Waals surface area contributed by atoms with Gasteiger partial charge in [-0.25, -0.2) is 0 Å². The van der Waals surface area contributed by atoms with E-state index >= 15 is 0 Å². The number of rotatable bonds is 6. The average Bonchev–Trinajstić information content (AvgIpc) is 2.52. The molecule has 0 unspecified atom stereocenters. The van der Waals surface area contributed by atoms with E-state index in [0.29, 0.717) is 6.42 Å². The number of amides is 1. The Morgan fingerprint density at radius 1 is 1.15 bits per heavy atom. The lowest BCUT2D eigenvalue weighted by Crippen LogP contribution is -2.26. The number of benzene rings is 1. The molecule has 2 heteroatoms. The van der Waals surface area contributed by atoms with Gasteiger partial charge in [0.15, 0.2) is 0 Å². The summed E-state index contributed by atoms with van der Waals surface area (Å²) in [5, 5.41) is 3.04. The van der Waals surface area contributed by atoms with Crippen LogP contribution >= 0.6 is 0 Å². The minimum absolute atomic E-state index is 0.163. The van der Waals surface area contributed by atoms with E-state index in [0.717, 1.165) is 25.8 Å². The topological polar surface area (TPSA) is 29.1 Å². The fourth-order valence-electron chi connectivity index (χ4n) is 2.57. The summed E-state index contributed by atoms with van der Waals surface area (Å²) < 4.78 is 0. The van der Waals surface area contributed by atoms with Crippen molar-refractivity contribution in [2.24, 2.45) is 0 Å². The van der Waals surface area contributed by atoms with E-state index in [2.05, 4.69) is 42.6 Å². The van der Waals surface area contributed by atoms with Crippen molar-refractivity contribution in [3.8, 4) is 0 Å². The quantitative estimate of drug-likeness (QED) is 0.783. The summed E-state index contributed by atoms with van der Waals surface area (Å²) in [4.78, 5) is 11.8. The molecular formula is C18H25NO. The smallest absolute Gasteiger partial charge is 0.220 e. The van der Waals surface area contributed by atoms with E-state index in [1.54, 1.807) is 0 Å². The zero-order chi connectivity index (χ0) is 14.2. The Labute approximate surface area is 122 Å². The second-order valence-electron chi connectivity index (χ2n) is 5.55. The Morgan fingerprint density at radius 2 is 1.90 bits per heavy atom. The summed E-state index contributed by atoms with van der Waals surface area (Å²) in [5.41, 5.74) is 3.99. The molecule has 0 spiro atoms. The van der Waals surface area contributed by atoms with Crippen molar-refractivity contribution in [1.29, 1.82) is 0 Å². The van der Waals surface area contributed by atoms with E-state index < -0.39 is 0 Å². The van der Waals surface area contributed by atoms with Crippen LogP contribution in [-0.2, 0) is 17.6 Å². The Bertz CT molecular complexity index is 459. The first kappa shape index (κ1) is 14.8. The summed E-state index contributed by atoms with van der Waals surface area (Å²) in [5.74, 6) is 0.163. The number of nitrogens with one attached hydrogen (secondary N) is 1. The van der Waals surface area contributed by atoms with Gasteiger partial charge in [-0.15, -0.1) is 0 Å². The molecule has 0 radical (unpaired) electrons. The molecule has 108 valence electrons. The first-order valence-electron chi connectivity index (χ1n) is 7.80. The number of allylic oxidation sites excluding steroid dienone is 1. The first-order valence-corrected chi connectivity index (χ1v) is 7.80. The van der Waals surface area contributed by atoms with Gasteiger partial charge in [0.05, 0.1) is 0 Å². The fraction of sp³-hybridized carbons (Fsp3) is 0.500. The number of aryl methyl sites for hydroxylation is 2. The molecule has 2 nitrogen and oxygen atoms in total. The van der Waals surface area contributed by atoms with Gasteiger partial charge >= 0.3 is 0 Å². The number of carbonyl (C=O) groups excluding carboxylic acids is 1. The summed E-state index contributed by atoms with van der Waals surface area (Å²) >= 11 is 0. The molecule has 0 bridgehead atoms. The molecule has 1 aliphatic rings. The van der Waals surface area contributed by atoms with Crippen LogP contribution in [0.15, 0.2) is 35.9 Å². The summed E-state index contributed by atoms with van der Waals surface area (Å²) in [6, 6.07) is 8.58. The standard InChI is InChI=1S/C18H25NO/c1-2-15-8-10-16(11-9-15)12-13-18(20)19-14-17-6-4-3-5-7-17/h6,8-11H,2-5,7,12-14H2,1H3,(H,19,20). The normalized spacial score (nSPS) is 14.8. The zero-order valence-corrected chi connectivity index (χ0v) is 12.5. The molecule has 1 aromatic rings. The molecule has 0 aromatic heterocycles. The van der Waals surface area contributed by atoms with Crippen molar-refractivity contribution in [2.45, 2.75) is 51.9 Å². The molecule has 1 amide bonds. The largest absolute Gasteiger partial charge is 0.352 e. The minimum Gasteiger partial charge on any atom is -0.352 e. The van der Waals surface area contributed by atoms with Crippen LogP contribution in [0.3, 0.4) is 0 Å². The van der Waals surface area contributed by atoms with Crippen LogP contribution in [0.5, 0.6) is 0 Å². The van der Waals surface area contributed by atoms with Crippen molar-refractivity contribution in [1.82, 2.24) is 5.32 Å². The number of hydrogen-bond donors (Lipinski definition) is 1. The van der Waals surface area contributed by atoms with Crippen molar-refractivity contribution >= 4 is 5.91 Å². The molecule has 20 heavy (non-hydrogen) atoms. The van der Waals surface area contributed by atoms with E-state index in [4.69, 9.17) is 0 Å². The van der Waals surface area contributed by atoms with Crippen LogP contribution in [0, 0.1) is 0 Å². The van der Waals surface area contributed by atoms with Gasteiger partial charge in [-0.05, 0) is 49.7 Å². The van der Waals surface area contributed by atoms with Crippen LogP contribution in [-0.4, -0.2) is 12.5 Å². The highest BCUT2D eigenvalue weighted by Gasteiger charge is 2.06. The fourth-order valence-corrected chi connectivity index (χ4v) is 2.57. The van der Waals surface area contributed by atoms with Gasteiger partial charge in [0.2, 0.25) is 5.91 Å². The second kappa shape index (κ2) is 7.88. The third-order valence-corrected chi connectivity index (χ3v) is 3.97. The lowest BCUT2D eigenvalue weighted by Gasteiger charge is -2.13. The van der Waals surface area contributed by atoms with Crippen LogP contribution in [0.2, 0.25) is 0 Å². The molecule has 0 atom stereocenters. The second-order valence-corrected chi connectivity index (χ2v) is 5.55. The average molecular weight is 271 g/mol. The van der Waals surface area contributed by atoms with E-state index in [1.165, 1.54) is 36.0 Å². The maximum Gasteiger partial charge on any atom is 0.220 e. The van der Waals surface area contributed by atoms with Gasteiger partial charge in [-0.1, -0.05) is 42.8 Å². The lowest BCUT2D eigenvalue weighted by atomic mass is 9.99. The molecule has 1 N–H and O–H groups in total. The summed E-state index contributed by atoms with van der Waals surface area (Å²) in [7, 11) is 0. The molecule has 0 saturated carbocycles. The van der Waals surface area contributed by atoms with Crippen LogP contribution in [0.1, 0.15) is 50.2 Å². The SMILES string of the molecule is CCc1ccc(CCC(=O)NCC2=CCCCC2)cc1. The van der Waals surface area contributed by atoms with Crippen molar-refractivity contribution in [2.75, 3.05) is 6.54 Å². The highest BCUT2D eigenvalue weighted by atomic mass is 16.1. The van der Waals surface area contributed by atoms with Gasteiger partial charge in [-0.2, -0.15) is 0 Å². The molecule has 0 saturated heterocycles. The zero-order valence-electron chi connectivity index (χ0n) is 12.5. The van der Waals surface area contributed by atoms with Crippen molar-refractivity contribution in [3.05, 3.63) is 47.0 Å². The predicted molar refractivity (Wildman–Crippen MR) is 83.7 cm³/mol. The third-order valence-electron chi connectivity index (χ3n) is 3.97. The molecular weight excluding hydrogens is 246 g/mol. The summed E-state index contributed by atoms with van der Waals surface area (Å²) in [6.45, 7) is 2.90. The van der Waals surface area contributed by atoms with E-state index in [1.807, 2.05) is 0 Å². The third kappa shape index (κ3) is 4.84. The Kier molecular flexibility index (Phi) is 5.85. The Hall–Kier alpha value is -1.57. The van der Waals surface area contributed by atoms with Gasteiger partial charge in [0, 0.05) is 13.0 Å². The van der Waals surface area contributed by atoms with Gasteiger partial charge in [0.25, 0.3) is 0 Å². The van der Waals surface area contributed by atoms with Crippen LogP contribution < -0.4 is 5.32 Å². The maximum absolute atomic E-state index is 11.8. The highest BCUT2D eigenvalue weighted by Crippen LogP contribution is 2.16. The summed E-state index contributed by atoms with van der Waals surface area (Å²) in [6.07, 6.45) is 9.65. The number of carbonyl (C=O) groups is 1. The highest BCUT2D eigenvalue weighted by molar-refractivity contribution is 5.76. The minimum atomic E-state index is 0.163. The lowest BCUT2D eigenvalue weighted by molar-refractivity contribution is -0.120. The molecule has 0 fully saturated rings. The van der Waals surface area contributed by atoms with Gasteiger partial charge in [0.1, 0.15) is 0 Å². The molecule has 2 rings (SSSR count). The Balaban J connectivity index is 1.70. The number of hydrogen-bond acceptors (Lipinski definition) is 1. The molecule has 0 aliphatic heterocycles. The maximum atomic E-state index is 11.8. The van der Waals surface area contributed by atoms with Gasteiger partial charge < -0.3 is 5.32 Å². The van der Waals surface area contributed by atoms with Gasteiger partial charge in [-0.3, -0.25) is 4.79 Å². The van der Waals surface area contributed by atoms with Crippen LogP contribution in [0.25, 0.3) is 0 Å². The van der Waals surface area contributed by atoms with E-state index in [9.17, 15) is 4.79 Å². The molecule has 0 heterocycles. The van der Waals surface area contributed by atoms with Crippen molar-refractivity contribution < 1.29 is 4.79 Å². The monoisotopic (exact) mass is 271 g/mol. The molecule has 1 aliphatic carbocycles.